The van der Waals surface area contributed by atoms with Gasteiger partial charge in [-0.25, -0.2) is 9.97 Å². The lowest BCUT2D eigenvalue weighted by Crippen LogP contribution is -2.37. The molecule has 26 heavy (non-hydrogen) atoms. The van der Waals surface area contributed by atoms with Crippen molar-refractivity contribution in [2.45, 2.75) is 36.7 Å². The van der Waals surface area contributed by atoms with E-state index in [0.29, 0.717) is 5.56 Å². The Morgan fingerprint density at radius 3 is 2.69 bits per heavy atom. The quantitative estimate of drug-likeness (QED) is 0.617. The highest BCUT2D eigenvalue weighted by molar-refractivity contribution is 7.98. The van der Waals surface area contributed by atoms with Crippen molar-refractivity contribution in [1.29, 1.82) is 0 Å². The van der Waals surface area contributed by atoms with Crippen molar-refractivity contribution in [2.24, 2.45) is 0 Å². The maximum absolute atomic E-state index is 12.5. The van der Waals surface area contributed by atoms with Gasteiger partial charge in [0, 0.05) is 42.5 Å². The number of nitrogens with one attached hydrogen (secondary N) is 1. The van der Waals surface area contributed by atoms with Crippen LogP contribution in [0.4, 0.5) is 0 Å². The predicted molar refractivity (Wildman–Crippen MR) is 104 cm³/mol. The van der Waals surface area contributed by atoms with Gasteiger partial charge in [0.1, 0.15) is 0 Å². The van der Waals surface area contributed by atoms with E-state index in [1.54, 1.807) is 30.5 Å². The minimum absolute atomic E-state index is 0.0408. The molecule has 1 N–H and O–H groups in total. The Kier molecular flexibility index (Phi) is 6.44. The van der Waals surface area contributed by atoms with Crippen LogP contribution in [-0.2, 0) is 12.3 Å². The second-order valence-corrected chi connectivity index (χ2v) is 6.99. The summed E-state index contributed by atoms with van der Waals surface area (Å²) in [6, 6.07) is 13.7. The van der Waals surface area contributed by atoms with Crippen molar-refractivity contribution in [3.05, 3.63) is 78.5 Å². The highest BCUT2D eigenvalue weighted by atomic mass is 32.2. The van der Waals surface area contributed by atoms with Crippen LogP contribution in [-0.4, -0.2) is 26.5 Å². The Morgan fingerprint density at radius 2 is 2.04 bits per heavy atom. The molecule has 0 aliphatic heterocycles. The van der Waals surface area contributed by atoms with Crippen LogP contribution in [0.5, 0.6) is 0 Å². The van der Waals surface area contributed by atoms with E-state index >= 15 is 0 Å². The zero-order valence-electron chi connectivity index (χ0n) is 14.7. The van der Waals surface area contributed by atoms with Crippen molar-refractivity contribution in [3.63, 3.8) is 0 Å². The van der Waals surface area contributed by atoms with E-state index in [0.717, 1.165) is 23.7 Å². The van der Waals surface area contributed by atoms with E-state index < -0.39 is 0 Å². The summed E-state index contributed by atoms with van der Waals surface area (Å²) in [7, 11) is 0. The first-order valence-corrected chi connectivity index (χ1v) is 9.62. The Hall–Kier alpha value is -2.60. The van der Waals surface area contributed by atoms with Gasteiger partial charge >= 0.3 is 0 Å². The summed E-state index contributed by atoms with van der Waals surface area (Å²) in [6.45, 7) is 2.79. The first-order valence-electron chi connectivity index (χ1n) is 8.64. The number of pyridine rings is 1. The highest BCUT2D eigenvalue weighted by Gasteiger charge is 2.12. The smallest absolute Gasteiger partial charge is 0.251 e. The molecular formula is C20H22N4OS. The van der Waals surface area contributed by atoms with Crippen LogP contribution < -0.4 is 5.32 Å². The Morgan fingerprint density at radius 1 is 1.19 bits per heavy atom. The summed E-state index contributed by atoms with van der Waals surface area (Å²) in [5.41, 5.74) is 1.85. The minimum atomic E-state index is -0.0408. The third kappa shape index (κ3) is 5.20. The van der Waals surface area contributed by atoms with Crippen LogP contribution in [0.1, 0.15) is 29.3 Å². The first kappa shape index (κ1) is 18.2. The number of benzene rings is 1. The van der Waals surface area contributed by atoms with E-state index in [4.69, 9.17) is 0 Å². The monoisotopic (exact) mass is 366 g/mol. The third-order valence-corrected chi connectivity index (χ3v) is 5.07. The van der Waals surface area contributed by atoms with Crippen LogP contribution in [0.25, 0.3) is 0 Å². The van der Waals surface area contributed by atoms with Gasteiger partial charge in [-0.05, 0) is 36.2 Å². The van der Waals surface area contributed by atoms with Gasteiger partial charge in [0.15, 0.2) is 0 Å². The van der Waals surface area contributed by atoms with Crippen LogP contribution in [0.15, 0.2) is 72.4 Å². The lowest BCUT2D eigenvalue weighted by molar-refractivity contribution is 0.0932. The van der Waals surface area contributed by atoms with Gasteiger partial charge in [-0.1, -0.05) is 25.1 Å². The van der Waals surface area contributed by atoms with Crippen LogP contribution in [0, 0.1) is 0 Å². The van der Waals surface area contributed by atoms with E-state index in [-0.39, 0.29) is 11.9 Å². The third-order valence-electron chi connectivity index (χ3n) is 4.06. The molecule has 0 aliphatic carbocycles. The number of hydrogen-bond acceptors (Lipinski definition) is 4. The molecule has 0 aliphatic rings. The van der Waals surface area contributed by atoms with E-state index in [1.165, 1.54) is 5.56 Å². The second-order valence-electron chi connectivity index (χ2n) is 5.99. The maximum atomic E-state index is 12.5. The zero-order valence-corrected chi connectivity index (χ0v) is 15.5. The summed E-state index contributed by atoms with van der Waals surface area (Å²) in [5, 5.41) is 4.10. The molecule has 0 radical (unpaired) electrons. The molecule has 0 bridgehead atoms. The molecule has 0 saturated heterocycles. The van der Waals surface area contributed by atoms with Crippen LogP contribution >= 0.6 is 11.8 Å². The van der Waals surface area contributed by atoms with Gasteiger partial charge < -0.3 is 9.88 Å². The number of nitrogens with zero attached hydrogens (tertiary/aromatic N) is 3. The van der Waals surface area contributed by atoms with Crippen molar-refractivity contribution >= 4 is 17.7 Å². The average molecular weight is 366 g/mol. The molecule has 0 fully saturated rings. The van der Waals surface area contributed by atoms with E-state index in [2.05, 4.69) is 22.2 Å². The Balaban J connectivity index is 1.54. The van der Waals surface area contributed by atoms with Crippen molar-refractivity contribution in [2.75, 3.05) is 0 Å². The lowest BCUT2D eigenvalue weighted by atomic mass is 10.1. The van der Waals surface area contributed by atoms with Crippen LogP contribution in [0.3, 0.4) is 0 Å². The summed E-state index contributed by atoms with van der Waals surface area (Å²) >= 11 is 1.68. The van der Waals surface area contributed by atoms with E-state index in [9.17, 15) is 4.79 Å². The van der Waals surface area contributed by atoms with Crippen molar-refractivity contribution in [1.82, 2.24) is 19.9 Å². The summed E-state index contributed by atoms with van der Waals surface area (Å²) < 4.78 is 1.98. The average Bonchev–Trinajstić information content (AvgIpc) is 3.20. The first-order chi connectivity index (χ1) is 12.7. The van der Waals surface area contributed by atoms with Gasteiger partial charge in [-0.15, -0.1) is 11.8 Å². The largest absolute Gasteiger partial charge is 0.348 e. The molecule has 0 spiro atoms. The minimum Gasteiger partial charge on any atom is -0.348 e. The zero-order chi connectivity index (χ0) is 18.2. The molecule has 134 valence electrons. The summed E-state index contributed by atoms with van der Waals surface area (Å²) in [6.07, 6.45) is 8.08. The predicted octanol–water partition coefficient (Wildman–Crippen LogP) is 3.78. The number of thioether (sulfide) groups is 1. The van der Waals surface area contributed by atoms with Gasteiger partial charge in [0.05, 0.1) is 11.4 Å². The number of rotatable bonds is 8. The summed E-state index contributed by atoms with van der Waals surface area (Å²) in [5.74, 6) is 0.790. The molecule has 0 saturated carbocycles. The maximum Gasteiger partial charge on any atom is 0.251 e. The Bertz CT molecular complexity index is 804. The number of hydrogen-bond donors (Lipinski definition) is 1. The Labute approximate surface area is 157 Å². The van der Waals surface area contributed by atoms with Crippen molar-refractivity contribution < 1.29 is 4.79 Å². The molecule has 1 aromatic carbocycles. The fraction of sp³-hybridized carbons (Fsp3) is 0.250. The van der Waals surface area contributed by atoms with Crippen molar-refractivity contribution in [3.8, 4) is 0 Å². The number of amides is 1. The fourth-order valence-corrected chi connectivity index (χ4v) is 3.35. The summed E-state index contributed by atoms with van der Waals surface area (Å²) in [4.78, 5) is 20.8. The molecule has 1 atom stereocenters. The highest BCUT2D eigenvalue weighted by Crippen LogP contribution is 2.20. The number of imidazole rings is 1. The fourth-order valence-electron chi connectivity index (χ4n) is 2.54. The molecule has 2 aromatic heterocycles. The molecule has 2 heterocycles. The SMILES string of the molecule is CC[C@H](Cn1ccnc1)NC(=O)c1ccc(CSc2ccccn2)cc1. The van der Waals surface area contributed by atoms with Gasteiger partial charge in [-0.3, -0.25) is 4.79 Å². The lowest BCUT2D eigenvalue weighted by Gasteiger charge is -2.17. The van der Waals surface area contributed by atoms with Gasteiger partial charge in [-0.2, -0.15) is 0 Å². The molecule has 1 amide bonds. The van der Waals surface area contributed by atoms with Gasteiger partial charge in [0.2, 0.25) is 0 Å². The second kappa shape index (κ2) is 9.20. The molecule has 3 aromatic rings. The normalized spacial score (nSPS) is 11.9. The molecule has 3 rings (SSSR count). The topological polar surface area (TPSA) is 59.8 Å². The van der Waals surface area contributed by atoms with Crippen LogP contribution in [0.2, 0.25) is 0 Å². The number of aromatic nitrogens is 3. The van der Waals surface area contributed by atoms with Gasteiger partial charge in [0.25, 0.3) is 5.91 Å². The molecule has 0 unspecified atom stereocenters. The molecular weight excluding hydrogens is 344 g/mol. The number of carbonyl (C=O) groups is 1. The van der Waals surface area contributed by atoms with E-state index in [1.807, 2.05) is 53.2 Å². The molecule has 6 heteroatoms. The molecule has 5 nitrogen and oxygen atoms in total. The standard InChI is InChI=1S/C20H22N4OS/c1-2-18(13-24-12-11-21-15-24)23-20(25)17-8-6-16(7-9-17)14-26-19-5-3-4-10-22-19/h3-12,15,18H,2,13-14H2,1H3,(H,23,25)/t18-/m1/s1. The number of carbonyl (C=O) groups excluding carboxylic acids is 1.